The van der Waals surface area contributed by atoms with E-state index < -0.39 is 16.6 Å². The molecule has 0 saturated carbocycles. The van der Waals surface area contributed by atoms with E-state index in [0.717, 1.165) is 17.9 Å². The summed E-state index contributed by atoms with van der Waals surface area (Å²) >= 11 is 0. The van der Waals surface area contributed by atoms with Gasteiger partial charge < -0.3 is 8.85 Å². The maximum atomic E-state index is 6.52. The number of rotatable bonds is 5. The first kappa shape index (κ1) is 21.2. The summed E-state index contributed by atoms with van der Waals surface area (Å²) in [5.41, 5.74) is 4.15. The fourth-order valence-corrected chi connectivity index (χ4v) is 6.31. The molecule has 0 aliphatic heterocycles. The third-order valence-corrected chi connectivity index (χ3v) is 7.11. The molecule has 1 atom stereocenters. The van der Waals surface area contributed by atoms with Crippen LogP contribution in [0.1, 0.15) is 43.9 Å². The van der Waals surface area contributed by atoms with Crippen LogP contribution in [0.3, 0.4) is 0 Å². The van der Waals surface area contributed by atoms with Crippen molar-refractivity contribution in [1.82, 2.24) is 0 Å². The van der Waals surface area contributed by atoms with Gasteiger partial charge in [-0.3, -0.25) is 0 Å². The summed E-state index contributed by atoms with van der Waals surface area (Å²) in [6.45, 7) is 20.6. The average Bonchev–Trinajstić information content (AvgIpc) is 2.71. The van der Waals surface area contributed by atoms with Gasteiger partial charge >= 0.3 is 0 Å². The van der Waals surface area contributed by atoms with Gasteiger partial charge in [0.2, 0.25) is 16.6 Å². The van der Waals surface area contributed by atoms with Crippen molar-refractivity contribution in [2.24, 2.45) is 0 Å². The van der Waals surface area contributed by atoms with Crippen LogP contribution in [0.4, 0.5) is 0 Å². The van der Waals surface area contributed by atoms with Crippen LogP contribution in [0.5, 0.6) is 11.5 Å². The molecule has 0 radical (unpaired) electrons. The summed E-state index contributed by atoms with van der Waals surface area (Å²) in [5.74, 6) is 2.05. The summed E-state index contributed by atoms with van der Waals surface area (Å²) in [5, 5.41) is 0. The Bertz CT molecular complexity index is 875. The van der Waals surface area contributed by atoms with E-state index in [9.17, 15) is 0 Å². The maximum Gasteiger partial charge on any atom is 0.242 e. The third kappa shape index (κ3) is 4.23. The van der Waals surface area contributed by atoms with Crippen LogP contribution in [-0.2, 0) is 10.8 Å². The third-order valence-electron chi connectivity index (χ3n) is 5.43. The Balaban J connectivity index is 2.16. The molecule has 0 heterocycles. The van der Waals surface area contributed by atoms with Crippen LogP contribution in [0, 0.1) is 0 Å². The molecule has 0 spiro atoms. The van der Waals surface area contributed by atoms with Gasteiger partial charge in [-0.05, 0) is 80.4 Å². The summed E-state index contributed by atoms with van der Waals surface area (Å²) in [6.07, 6.45) is 1.07. The van der Waals surface area contributed by atoms with Crippen molar-refractivity contribution in [3.63, 3.8) is 0 Å². The average molecular weight is 413 g/mol. The normalized spacial score (nSPS) is 21.3. The Morgan fingerprint density at radius 1 is 0.714 bits per heavy atom. The van der Waals surface area contributed by atoms with E-state index in [2.05, 4.69) is 103 Å². The Kier molecular flexibility index (Phi) is 5.12. The van der Waals surface area contributed by atoms with Crippen LogP contribution in [0.15, 0.2) is 42.5 Å². The number of hydrogen-bond donors (Lipinski definition) is 0. The van der Waals surface area contributed by atoms with Crippen molar-refractivity contribution < 1.29 is 8.85 Å². The van der Waals surface area contributed by atoms with Crippen LogP contribution < -0.4 is 8.85 Å². The Labute approximate surface area is 173 Å². The zero-order valence-electron chi connectivity index (χ0n) is 19.1. The van der Waals surface area contributed by atoms with Gasteiger partial charge in [0.05, 0.1) is 0 Å². The molecule has 0 saturated heterocycles. The largest absolute Gasteiger partial charge is 0.544 e. The number of hydrogen-bond acceptors (Lipinski definition) is 2. The molecule has 2 aromatic carbocycles. The van der Waals surface area contributed by atoms with E-state index in [1.54, 1.807) is 0 Å². The minimum atomic E-state index is -1.70. The second kappa shape index (κ2) is 6.77. The summed E-state index contributed by atoms with van der Waals surface area (Å²) in [6, 6.07) is 15.4. The number of benzene rings is 2. The van der Waals surface area contributed by atoms with Gasteiger partial charge in [0.1, 0.15) is 11.5 Å². The van der Waals surface area contributed by atoms with Crippen molar-refractivity contribution >= 4 is 16.6 Å². The number of fused-ring (bicyclic) bond motifs is 1. The molecule has 1 aliphatic rings. The fraction of sp³-hybridized carbons (Fsp3) is 0.500. The molecule has 2 aromatic rings. The highest BCUT2D eigenvalue weighted by Gasteiger charge is 2.47. The lowest BCUT2D eigenvalue weighted by atomic mass is 9.74. The van der Waals surface area contributed by atoms with Crippen molar-refractivity contribution in [2.75, 3.05) is 0 Å². The lowest BCUT2D eigenvalue weighted by molar-refractivity contribution is 0.414. The van der Waals surface area contributed by atoms with Crippen LogP contribution >= 0.6 is 0 Å². The fourth-order valence-electron chi connectivity index (χ4n) is 4.64. The quantitative estimate of drug-likeness (QED) is 0.487. The summed E-state index contributed by atoms with van der Waals surface area (Å²) in [7, 11) is -3.36. The maximum absolute atomic E-state index is 6.52. The standard InChI is InChI=1S/C24H36O2Si2/c1-23(2)17-24(3,20-12-10-11-13-22(20)26-28(7,8)9)21-16-18(14-15-19(21)23)25-27(4,5)6/h10-16H,17H2,1-9H3. The molecule has 152 valence electrons. The van der Waals surface area contributed by atoms with E-state index in [1.807, 2.05) is 0 Å². The van der Waals surface area contributed by atoms with E-state index in [1.165, 1.54) is 16.7 Å². The minimum Gasteiger partial charge on any atom is -0.544 e. The smallest absolute Gasteiger partial charge is 0.242 e. The van der Waals surface area contributed by atoms with E-state index in [-0.39, 0.29) is 10.8 Å². The summed E-state index contributed by atoms with van der Waals surface area (Å²) < 4.78 is 12.9. The SMILES string of the molecule is CC1(C)CC(C)(c2ccccc2O[Si](C)(C)C)c2cc(O[Si](C)(C)C)ccc21. The molecule has 0 bridgehead atoms. The van der Waals surface area contributed by atoms with Gasteiger partial charge in [0, 0.05) is 11.0 Å². The Hall–Kier alpha value is -1.53. The van der Waals surface area contributed by atoms with Gasteiger partial charge in [-0.1, -0.05) is 45.0 Å². The zero-order valence-corrected chi connectivity index (χ0v) is 21.1. The molecule has 0 amide bonds. The van der Waals surface area contributed by atoms with Gasteiger partial charge in [0.15, 0.2) is 0 Å². The Morgan fingerprint density at radius 3 is 1.93 bits per heavy atom. The predicted octanol–water partition coefficient (Wildman–Crippen LogP) is 7.10. The van der Waals surface area contributed by atoms with E-state index in [0.29, 0.717) is 0 Å². The highest BCUT2D eigenvalue weighted by molar-refractivity contribution is 6.70. The minimum absolute atomic E-state index is 0.0894. The molecule has 0 aromatic heterocycles. The molecule has 0 fully saturated rings. The first-order valence-corrected chi connectivity index (χ1v) is 17.2. The second-order valence-electron chi connectivity index (χ2n) is 11.0. The second-order valence-corrected chi connectivity index (χ2v) is 19.9. The zero-order chi connectivity index (χ0) is 21.0. The Morgan fingerprint density at radius 2 is 1.32 bits per heavy atom. The predicted molar refractivity (Wildman–Crippen MR) is 125 cm³/mol. The lowest BCUT2D eigenvalue weighted by Gasteiger charge is -2.32. The molecule has 28 heavy (non-hydrogen) atoms. The molecular weight excluding hydrogens is 376 g/mol. The van der Waals surface area contributed by atoms with Gasteiger partial charge in [-0.25, -0.2) is 0 Å². The van der Waals surface area contributed by atoms with Crippen molar-refractivity contribution in [1.29, 1.82) is 0 Å². The molecule has 0 N–H and O–H groups in total. The van der Waals surface area contributed by atoms with Gasteiger partial charge in [-0.2, -0.15) is 0 Å². The molecule has 4 heteroatoms. The molecular formula is C24H36O2Si2. The molecule has 3 rings (SSSR count). The topological polar surface area (TPSA) is 18.5 Å². The molecule has 1 unspecified atom stereocenters. The van der Waals surface area contributed by atoms with E-state index in [4.69, 9.17) is 8.85 Å². The van der Waals surface area contributed by atoms with Crippen LogP contribution in [-0.4, -0.2) is 16.6 Å². The van der Waals surface area contributed by atoms with Crippen LogP contribution in [0.25, 0.3) is 0 Å². The van der Waals surface area contributed by atoms with E-state index >= 15 is 0 Å². The first-order valence-electron chi connectivity index (χ1n) is 10.3. The van der Waals surface area contributed by atoms with Crippen molar-refractivity contribution in [3.05, 3.63) is 59.2 Å². The monoisotopic (exact) mass is 412 g/mol. The highest BCUT2D eigenvalue weighted by atomic mass is 28.4. The number of para-hydroxylation sites is 1. The first-order chi connectivity index (χ1) is 12.7. The summed E-state index contributed by atoms with van der Waals surface area (Å²) in [4.78, 5) is 0. The van der Waals surface area contributed by atoms with Crippen molar-refractivity contribution in [3.8, 4) is 11.5 Å². The van der Waals surface area contributed by atoms with Gasteiger partial charge in [-0.15, -0.1) is 0 Å². The molecule has 2 nitrogen and oxygen atoms in total. The lowest BCUT2D eigenvalue weighted by Crippen LogP contribution is -2.32. The van der Waals surface area contributed by atoms with Crippen molar-refractivity contribution in [2.45, 2.75) is 77.3 Å². The van der Waals surface area contributed by atoms with Gasteiger partial charge in [0.25, 0.3) is 0 Å². The van der Waals surface area contributed by atoms with Crippen LogP contribution in [0.2, 0.25) is 39.3 Å². The molecule has 1 aliphatic carbocycles. The highest BCUT2D eigenvalue weighted by Crippen LogP contribution is 2.55.